The molecule has 11 saturated heterocycles. The van der Waals surface area contributed by atoms with Gasteiger partial charge < -0.3 is 264 Å². The van der Waals surface area contributed by atoms with Gasteiger partial charge in [-0.05, 0) is 20.8 Å². The summed E-state index contributed by atoms with van der Waals surface area (Å²) in [4.78, 5) is 40.8. The lowest BCUT2D eigenvalue weighted by atomic mass is 9.93. The van der Waals surface area contributed by atoms with Crippen LogP contribution in [0.1, 0.15) is 41.5 Å². The minimum absolute atomic E-state index is 0.901. The van der Waals surface area contributed by atoms with Gasteiger partial charge in [0.15, 0.2) is 69.2 Å². The van der Waals surface area contributed by atoms with E-state index in [1.807, 2.05) is 0 Å². The van der Waals surface area contributed by atoms with Crippen LogP contribution in [0.2, 0.25) is 0 Å². The van der Waals surface area contributed by atoms with Crippen molar-refractivity contribution in [1.29, 1.82) is 0 Å². The Hall–Kier alpha value is -3.59. The molecule has 0 aliphatic carbocycles. The van der Waals surface area contributed by atoms with Crippen molar-refractivity contribution >= 4 is 17.7 Å². The highest BCUT2D eigenvalue weighted by Gasteiger charge is 2.63. The molecule has 56 heteroatoms. The zero-order valence-electron chi connectivity index (χ0n) is 69.2. The van der Waals surface area contributed by atoms with Crippen LogP contribution < -0.4 is 16.0 Å². The molecular weight excluding hydrogens is 1750 g/mol. The maximum absolute atomic E-state index is 13.8. The Morgan fingerprint density at radius 1 is 0.219 bits per heavy atom. The Balaban J connectivity index is 0.936. The molecule has 1 unspecified atom stereocenters. The van der Waals surface area contributed by atoms with E-state index in [0.717, 1.165) is 20.8 Å². The second-order valence-corrected chi connectivity index (χ2v) is 33.0. The number of ether oxygens (including phenoxy) is 21. The van der Waals surface area contributed by atoms with Gasteiger partial charge in [0.05, 0.1) is 71.2 Å². The van der Waals surface area contributed by atoms with E-state index in [1.54, 1.807) is 0 Å². The van der Waals surface area contributed by atoms with E-state index in [0.29, 0.717) is 0 Å². The van der Waals surface area contributed by atoms with Gasteiger partial charge in [0.2, 0.25) is 17.7 Å². The molecule has 0 aromatic rings. The fraction of sp³-hybridized carbons (Fsp3) is 0.958. The topological polar surface area (TPSA) is 868 Å². The van der Waals surface area contributed by atoms with Gasteiger partial charge in [-0.25, -0.2) is 0 Å². The molecule has 0 aromatic heterocycles. The van der Waals surface area contributed by atoms with E-state index < -0.39 is 408 Å². The third-order valence-corrected chi connectivity index (χ3v) is 24.1. The van der Waals surface area contributed by atoms with Crippen molar-refractivity contribution in [2.24, 2.45) is 0 Å². The fourth-order valence-corrected chi connectivity index (χ4v) is 16.9. The molecule has 11 fully saturated rings. The molecule has 11 heterocycles. The molecule has 0 bridgehead atoms. The SMILES string of the molecule is CC(=O)N[C@H]1[C@H](O[C@H]2[C@@H](O)[C@@H](CO)O[C@@H](O[C@H]3[C@H](O[C@@H]4O[C@@H](C)[C@@H](O)[C@@H](O)[C@@H]4O)[C@@H](NC(C)=O)[C@H](OC[C@H]4O[C@@H](O[C@H]5[C@H](O)[C@@H](O)C(O)O[C@@H]5CO)[C@H](O)[C@@H](O[C@@H]5O[C@H](CO)[C@@H](O[C@@H]6O[C@H](CO)[C@H](O)[C@H](O)[C@H]6O)[C@H](O[C@@H]6O[C@@H](C)[C@@H](O)[C@@H](O)[C@@H]6O)[C@H]5NC(C)=O)[C@H]4O)O[C@@H]3CO)[C@@H]2O)O[C@H](CO)[C@@H](O[C@@H]2O[C@@H](C)[C@@H](O)[C@@H](O)[C@@H]2O)[C@@H]1O[C@@H]1O[C@H](CO)[C@H](O)[C@H](O)[C@H]1O. The van der Waals surface area contributed by atoms with Crippen molar-refractivity contribution in [3.05, 3.63) is 0 Å². The highest BCUT2D eigenvalue weighted by Crippen LogP contribution is 2.43. The first-order valence-electron chi connectivity index (χ1n) is 41.2. The van der Waals surface area contributed by atoms with Crippen LogP contribution in [0.25, 0.3) is 0 Å². The van der Waals surface area contributed by atoms with E-state index in [2.05, 4.69) is 16.0 Å². The predicted molar refractivity (Wildman–Crippen MR) is 393 cm³/mol. The highest BCUT2D eigenvalue weighted by molar-refractivity contribution is 5.74. The maximum Gasteiger partial charge on any atom is 0.217 e. The lowest BCUT2D eigenvalue weighted by Crippen LogP contribution is -2.72. The Bertz CT molecular complexity index is 3460. The first kappa shape index (κ1) is 105. The van der Waals surface area contributed by atoms with E-state index in [-0.39, 0.29) is 0 Å². The first-order chi connectivity index (χ1) is 60.5. The summed E-state index contributed by atoms with van der Waals surface area (Å²) in [5, 5.41) is 331. The van der Waals surface area contributed by atoms with E-state index in [9.17, 15) is 162 Å². The summed E-state index contributed by atoms with van der Waals surface area (Å²) < 4.78 is 127. The van der Waals surface area contributed by atoms with Gasteiger partial charge >= 0.3 is 0 Å². The zero-order chi connectivity index (χ0) is 94.1. The van der Waals surface area contributed by atoms with Gasteiger partial charge in [-0.15, -0.1) is 0 Å². The predicted octanol–water partition coefficient (Wildman–Crippen LogP) is -21.5. The van der Waals surface area contributed by atoms with Crippen LogP contribution in [-0.4, -0.2) is 556 Å². The first-order valence-corrected chi connectivity index (χ1v) is 41.2. The Morgan fingerprint density at radius 2 is 0.453 bits per heavy atom. The maximum atomic E-state index is 13.8. The summed E-state index contributed by atoms with van der Waals surface area (Å²) in [5.41, 5.74) is 0. The molecular formula is C72H121N3O53. The average molecular weight is 1880 g/mol. The van der Waals surface area contributed by atoms with Crippen LogP contribution in [0.3, 0.4) is 0 Å². The number of aliphatic hydroxyl groups is 29. The molecule has 11 aliphatic heterocycles. The zero-order valence-corrected chi connectivity index (χ0v) is 69.2. The number of hydrogen-bond donors (Lipinski definition) is 32. The number of rotatable bonds is 31. The standard InChI is InChI=1S/C72H121N3O53/c1-15-32(86)39(93)46(100)66(109-15)121-55-26(12-81)117-64(31(75-20(6)85)59(55)126-70-50(104)43(97)36(90)22(8-77)114-70)127-60-37(91)23(9-78)115-71(51(60)105)123-54-25(11-80)116-63(29(73-18(4)83)57(54)124-67-47(101)40(94)33(87)16(2)110-67)108-14-28-38(92)61(52(106)72(119-28)120-53-24(10-79)112-62(107)45(99)44(53)98)128-65-30(74-19(5)84)58(125-68-48(102)41(95)34(88)17(3)111-68)56(27(13-82)118-65)122-69-49(103)42(96)35(89)21(7-76)113-69/h15-17,21-72,76-82,86-107H,7-14H2,1-6H3,(H,73,83)(H,74,84)(H,75,85)/t15-,16-,17-,21+,22+,23+,24+,25+,26+,27+,28+,29+,30+,31+,32+,33+,34+,35-,36-,37-,38-,39+,40+,41+,42-,43-,44+,45+,46-,47-,48-,49+,50+,51+,52+,53+,54+,55+,56+,57+,58+,59+,60-,61-,62?,63+,64-,65-,66-,67-,68-,69-,70-,71-,72-/m0/s1. The van der Waals surface area contributed by atoms with Gasteiger partial charge in [-0.3, -0.25) is 14.4 Å². The summed E-state index contributed by atoms with van der Waals surface area (Å²) in [6.07, 6.45) is -108. The molecule has 0 radical (unpaired) electrons. The summed E-state index contributed by atoms with van der Waals surface area (Å²) in [5.74, 6) is -3.07. The van der Waals surface area contributed by atoms with Gasteiger partial charge in [-0.1, -0.05) is 0 Å². The van der Waals surface area contributed by atoms with Crippen molar-refractivity contribution < 1.29 is 262 Å². The van der Waals surface area contributed by atoms with Crippen molar-refractivity contribution in [1.82, 2.24) is 16.0 Å². The number of carbonyl (C=O) groups is 3. The molecule has 3 amide bonds. The second-order valence-electron chi connectivity index (χ2n) is 33.0. The van der Waals surface area contributed by atoms with Gasteiger partial charge in [0.1, 0.15) is 250 Å². The quantitative estimate of drug-likeness (QED) is 0.0306. The number of hydrogen-bond acceptors (Lipinski definition) is 53. The third kappa shape index (κ3) is 22.5. The van der Waals surface area contributed by atoms with Gasteiger partial charge in [0, 0.05) is 20.8 Å². The summed E-state index contributed by atoms with van der Waals surface area (Å²) in [6.45, 7) is -2.94. The lowest BCUT2D eigenvalue weighted by molar-refractivity contribution is -0.397. The smallest absolute Gasteiger partial charge is 0.217 e. The molecule has 11 aliphatic rings. The molecule has 0 aromatic carbocycles. The summed E-state index contributed by atoms with van der Waals surface area (Å²) in [6, 6.07) is -6.14. The Kier molecular flexibility index (Phi) is 37.0. The van der Waals surface area contributed by atoms with E-state index in [1.165, 1.54) is 20.8 Å². The van der Waals surface area contributed by atoms with Crippen LogP contribution in [0.4, 0.5) is 0 Å². The average Bonchev–Trinajstić information content (AvgIpc) is 0.759. The van der Waals surface area contributed by atoms with Crippen LogP contribution >= 0.6 is 0 Å². The number of carbonyl (C=O) groups excluding carboxylic acids is 3. The van der Waals surface area contributed by atoms with Crippen molar-refractivity contribution in [3.63, 3.8) is 0 Å². The summed E-state index contributed by atoms with van der Waals surface area (Å²) in [7, 11) is 0. The highest BCUT2D eigenvalue weighted by atomic mass is 16.8. The minimum atomic E-state index is -2.53. The molecule has 0 saturated carbocycles. The normalized spacial score (nSPS) is 51.6. The largest absolute Gasteiger partial charge is 0.394 e. The Morgan fingerprint density at radius 3 is 0.773 bits per heavy atom. The molecule has 32 N–H and O–H groups in total. The molecule has 11 rings (SSSR count). The minimum Gasteiger partial charge on any atom is -0.394 e. The molecule has 0 spiro atoms. The van der Waals surface area contributed by atoms with Crippen LogP contribution in [0.15, 0.2) is 0 Å². The molecule has 55 atom stereocenters. The van der Waals surface area contributed by atoms with E-state index in [4.69, 9.17) is 99.5 Å². The van der Waals surface area contributed by atoms with Crippen LogP contribution in [0.5, 0.6) is 0 Å². The Labute approximate surface area is 725 Å². The second kappa shape index (κ2) is 45.1. The molecule has 56 nitrogen and oxygen atoms in total. The van der Waals surface area contributed by atoms with Crippen molar-refractivity contribution in [2.75, 3.05) is 52.9 Å². The molecule has 742 valence electrons. The van der Waals surface area contributed by atoms with E-state index >= 15 is 0 Å². The summed E-state index contributed by atoms with van der Waals surface area (Å²) >= 11 is 0. The number of nitrogens with one attached hydrogen (secondary N) is 3. The lowest BCUT2D eigenvalue weighted by Gasteiger charge is -2.52. The van der Waals surface area contributed by atoms with Crippen LogP contribution in [-0.2, 0) is 114 Å². The van der Waals surface area contributed by atoms with Crippen molar-refractivity contribution in [3.8, 4) is 0 Å². The monoisotopic (exact) mass is 1880 g/mol. The number of aliphatic hydroxyl groups excluding tert-OH is 29. The fourth-order valence-electron chi connectivity index (χ4n) is 16.9. The third-order valence-electron chi connectivity index (χ3n) is 24.1. The van der Waals surface area contributed by atoms with Gasteiger partial charge in [0.25, 0.3) is 0 Å². The number of amides is 3. The van der Waals surface area contributed by atoms with Crippen LogP contribution in [0, 0.1) is 0 Å². The van der Waals surface area contributed by atoms with Gasteiger partial charge in [-0.2, -0.15) is 0 Å². The molecule has 128 heavy (non-hydrogen) atoms. The van der Waals surface area contributed by atoms with Crippen molar-refractivity contribution in [2.45, 2.75) is 379 Å².